The van der Waals surface area contributed by atoms with Crippen molar-refractivity contribution in [3.63, 3.8) is 0 Å². The minimum Gasteiger partial charge on any atom is -0.459 e. The first-order valence-corrected chi connectivity index (χ1v) is 19.4. The van der Waals surface area contributed by atoms with Gasteiger partial charge in [-0.25, -0.2) is 29.2 Å². The molecule has 0 aliphatic heterocycles. The van der Waals surface area contributed by atoms with E-state index in [-0.39, 0.29) is 38.5 Å². The summed E-state index contributed by atoms with van der Waals surface area (Å²) < 4.78 is 19.9. The average molecular weight is 713 g/mol. The van der Waals surface area contributed by atoms with Crippen LogP contribution in [-0.4, -0.2) is 80.7 Å². The van der Waals surface area contributed by atoms with E-state index < -0.39 is 24.1 Å². The van der Waals surface area contributed by atoms with E-state index in [1.165, 1.54) is 38.5 Å². The summed E-state index contributed by atoms with van der Waals surface area (Å²) in [5, 5.41) is 5.91. The number of hydrogen-bond donors (Lipinski definition) is 2. The molecule has 0 heterocycles. The summed E-state index contributed by atoms with van der Waals surface area (Å²) in [7, 11) is 0. The molecule has 0 spiro atoms. The number of amides is 2. The van der Waals surface area contributed by atoms with E-state index in [0.717, 1.165) is 113 Å². The molecule has 284 valence electrons. The van der Waals surface area contributed by atoms with Gasteiger partial charge < -0.3 is 29.6 Å². The molecular weight excluding hydrogens is 652 g/mol. The number of aliphatic imine (C=N–C) groups is 2. The predicted octanol–water partition coefficient (Wildman–Crippen LogP) is 7.09. The van der Waals surface area contributed by atoms with Crippen LogP contribution in [0.25, 0.3) is 0 Å². The summed E-state index contributed by atoms with van der Waals surface area (Å²) in [5.74, 6) is 1.91. The molecule has 51 heavy (non-hydrogen) atoms. The van der Waals surface area contributed by atoms with Crippen LogP contribution in [0.3, 0.4) is 0 Å². The van der Waals surface area contributed by atoms with Gasteiger partial charge in [0.1, 0.15) is 26.4 Å². The number of ether oxygens (including phenoxy) is 4. The van der Waals surface area contributed by atoms with Gasteiger partial charge in [0.2, 0.25) is 0 Å². The molecular formula is C39H60N4O8. The first-order valence-electron chi connectivity index (χ1n) is 19.4. The van der Waals surface area contributed by atoms with Crippen molar-refractivity contribution in [2.75, 3.05) is 26.4 Å². The van der Waals surface area contributed by atoms with Gasteiger partial charge in [0.25, 0.3) is 0 Å². The lowest BCUT2D eigenvalue weighted by atomic mass is 9.76. The molecule has 0 atom stereocenters. The standard InChI is InChI=1S/C39H60N4O8/c1-3-36(44)48-21-23-50-38(46)42-34-17-9-30(10-18-34)25-28-5-13-32(14-6-28)40-27-41-33-15-7-29(8-16-33)26-31-11-19-35(20-12-31)43-39(47)51-24-22-49-37(45)4-2/h3-4,28-35H,1-2,5-26H2,(H,42,46)(H,43,47). The molecule has 4 aliphatic rings. The molecule has 12 nitrogen and oxygen atoms in total. The minimum absolute atomic E-state index is 0.0294. The van der Waals surface area contributed by atoms with Gasteiger partial charge in [-0.1, -0.05) is 13.2 Å². The normalized spacial score (nSPS) is 29.2. The van der Waals surface area contributed by atoms with Crippen LogP contribution in [0, 0.1) is 23.7 Å². The van der Waals surface area contributed by atoms with Gasteiger partial charge in [0.15, 0.2) is 0 Å². The van der Waals surface area contributed by atoms with Gasteiger partial charge in [0, 0.05) is 24.2 Å². The van der Waals surface area contributed by atoms with Crippen LogP contribution >= 0.6 is 0 Å². The third kappa shape index (κ3) is 15.6. The fourth-order valence-corrected chi connectivity index (χ4v) is 8.33. The minimum atomic E-state index is -0.525. The maximum atomic E-state index is 12.0. The summed E-state index contributed by atoms with van der Waals surface area (Å²) in [6.45, 7) is 6.79. The van der Waals surface area contributed by atoms with Crippen molar-refractivity contribution in [2.24, 2.45) is 33.7 Å². The maximum absolute atomic E-state index is 12.0. The van der Waals surface area contributed by atoms with Crippen LogP contribution < -0.4 is 10.6 Å². The van der Waals surface area contributed by atoms with Gasteiger partial charge in [-0.15, -0.1) is 0 Å². The molecule has 2 N–H and O–H groups in total. The van der Waals surface area contributed by atoms with E-state index in [0.29, 0.717) is 12.1 Å². The highest BCUT2D eigenvalue weighted by Gasteiger charge is 2.29. The van der Waals surface area contributed by atoms with Crippen molar-refractivity contribution in [1.29, 1.82) is 0 Å². The Morgan fingerprint density at radius 1 is 0.510 bits per heavy atom. The monoisotopic (exact) mass is 712 g/mol. The van der Waals surface area contributed by atoms with Gasteiger partial charge >= 0.3 is 24.1 Å². The molecule has 0 aromatic heterocycles. The van der Waals surface area contributed by atoms with Crippen molar-refractivity contribution >= 4 is 30.1 Å². The van der Waals surface area contributed by atoms with E-state index in [2.05, 4.69) is 29.8 Å². The molecule has 0 saturated heterocycles. The number of carbonyl (C=O) groups excluding carboxylic acids is 4. The molecule has 0 radical (unpaired) electrons. The third-order valence-electron chi connectivity index (χ3n) is 11.2. The van der Waals surface area contributed by atoms with Gasteiger partial charge in [0.05, 0.1) is 18.1 Å². The highest BCUT2D eigenvalue weighted by molar-refractivity contribution is 5.81. The highest BCUT2D eigenvalue weighted by atomic mass is 16.6. The molecule has 4 saturated carbocycles. The van der Waals surface area contributed by atoms with Crippen LogP contribution in [0.5, 0.6) is 0 Å². The van der Waals surface area contributed by atoms with Crippen molar-refractivity contribution < 1.29 is 38.1 Å². The maximum Gasteiger partial charge on any atom is 0.407 e. The summed E-state index contributed by atoms with van der Waals surface area (Å²) in [4.78, 5) is 55.7. The Kier molecular flexibility index (Phi) is 17.6. The number of carbonyl (C=O) groups is 4. The molecule has 0 unspecified atom stereocenters. The molecule has 4 aliphatic carbocycles. The van der Waals surface area contributed by atoms with Crippen molar-refractivity contribution in [3.05, 3.63) is 25.3 Å². The number of rotatable bonds is 16. The van der Waals surface area contributed by atoms with E-state index in [1.54, 1.807) is 0 Å². The number of nitrogens with zero attached hydrogens (tertiary/aromatic N) is 2. The van der Waals surface area contributed by atoms with Crippen LogP contribution in [0.15, 0.2) is 35.3 Å². The summed E-state index contributed by atoms with van der Waals surface area (Å²) >= 11 is 0. The Balaban J connectivity index is 1.00. The summed E-state index contributed by atoms with van der Waals surface area (Å²) in [6, 6.07) is 4.10. The topological polar surface area (TPSA) is 154 Å². The van der Waals surface area contributed by atoms with E-state index in [1.807, 2.05) is 0 Å². The van der Waals surface area contributed by atoms with Crippen molar-refractivity contribution in [1.82, 2.24) is 10.6 Å². The smallest absolute Gasteiger partial charge is 0.407 e. The van der Waals surface area contributed by atoms with Gasteiger partial charge in [-0.05, 0) is 139 Å². The Morgan fingerprint density at radius 3 is 1.16 bits per heavy atom. The molecule has 4 rings (SSSR count). The Morgan fingerprint density at radius 2 is 0.824 bits per heavy atom. The predicted molar refractivity (Wildman–Crippen MR) is 193 cm³/mol. The molecule has 12 heteroatoms. The van der Waals surface area contributed by atoms with Crippen LogP contribution in [0.2, 0.25) is 0 Å². The lowest BCUT2D eigenvalue weighted by molar-refractivity contribution is -0.139. The Bertz CT molecular complexity index is 1100. The number of alkyl carbamates (subject to hydrolysis) is 2. The van der Waals surface area contributed by atoms with Gasteiger partial charge in [-0.3, -0.25) is 0 Å². The zero-order valence-corrected chi connectivity index (χ0v) is 30.4. The number of hydrogen-bond acceptors (Lipinski definition) is 10. The van der Waals surface area contributed by atoms with E-state index in [9.17, 15) is 19.2 Å². The first kappa shape index (κ1) is 40.1. The second-order valence-corrected chi connectivity index (χ2v) is 14.9. The lowest BCUT2D eigenvalue weighted by Crippen LogP contribution is -2.38. The molecule has 0 aromatic carbocycles. The number of nitrogens with one attached hydrogen (secondary N) is 2. The fraction of sp³-hybridized carbons (Fsp3) is 0.769. The second kappa shape index (κ2) is 22.3. The number of esters is 2. The van der Waals surface area contributed by atoms with Gasteiger partial charge in [-0.2, -0.15) is 0 Å². The van der Waals surface area contributed by atoms with Crippen LogP contribution in [-0.2, 0) is 28.5 Å². The van der Waals surface area contributed by atoms with E-state index in [4.69, 9.17) is 28.9 Å². The molecule has 0 bridgehead atoms. The van der Waals surface area contributed by atoms with Crippen molar-refractivity contribution in [2.45, 2.75) is 140 Å². The quantitative estimate of drug-likeness (QED) is 0.0566. The SMILES string of the molecule is C=CC(=O)OCCOC(=O)NC1CCC(CC2CCC(N=C=NC3CCC(CC4CCC(NC(=O)OCCOC(=O)C=C)CC4)CC3)CC2)CC1. The largest absolute Gasteiger partial charge is 0.459 e. The molecule has 4 fully saturated rings. The van der Waals surface area contributed by atoms with Crippen LogP contribution in [0.1, 0.15) is 116 Å². The Labute approximate surface area is 303 Å². The zero-order chi connectivity index (χ0) is 36.3. The second-order valence-electron chi connectivity index (χ2n) is 14.9. The zero-order valence-electron chi connectivity index (χ0n) is 30.4. The van der Waals surface area contributed by atoms with Crippen LogP contribution in [0.4, 0.5) is 9.59 Å². The average Bonchev–Trinajstić information content (AvgIpc) is 3.14. The van der Waals surface area contributed by atoms with E-state index >= 15 is 0 Å². The third-order valence-corrected chi connectivity index (χ3v) is 11.2. The molecule has 2 amide bonds. The van der Waals surface area contributed by atoms with Crippen molar-refractivity contribution in [3.8, 4) is 0 Å². The molecule has 0 aromatic rings. The fourth-order valence-electron chi connectivity index (χ4n) is 8.33. The Hall–Kier alpha value is -3.66. The lowest BCUT2D eigenvalue weighted by Gasteiger charge is -2.33. The summed E-state index contributed by atoms with van der Waals surface area (Å²) in [5.41, 5.74) is 0. The summed E-state index contributed by atoms with van der Waals surface area (Å²) in [6.07, 6.45) is 21.6. The first-order chi connectivity index (χ1) is 24.8. The highest BCUT2D eigenvalue weighted by Crippen LogP contribution is 2.37.